The molecule has 0 aliphatic rings. The minimum absolute atomic E-state index is 0.0239. The smallest absolute Gasteiger partial charge is 0.311 e. The van der Waals surface area contributed by atoms with Crippen LogP contribution in [0.3, 0.4) is 0 Å². The third-order valence-electron chi connectivity index (χ3n) is 2.48. The van der Waals surface area contributed by atoms with Gasteiger partial charge in [-0.15, -0.1) is 0 Å². The average Bonchev–Trinajstić information content (AvgIpc) is 2.47. The van der Waals surface area contributed by atoms with Crippen LogP contribution in [0.15, 0.2) is 30.6 Å². The summed E-state index contributed by atoms with van der Waals surface area (Å²) in [5, 5.41) is 18.2. The number of benzene rings is 1. The Morgan fingerprint density at radius 2 is 2.14 bits per heavy atom. The number of rotatable bonds is 5. The van der Waals surface area contributed by atoms with Crippen LogP contribution in [0, 0.1) is 15.5 Å². The Morgan fingerprint density at radius 3 is 2.67 bits per heavy atom. The molecule has 1 aromatic carbocycles. The van der Waals surface area contributed by atoms with Crippen molar-refractivity contribution in [2.75, 3.05) is 7.11 Å². The summed E-state index contributed by atoms with van der Waals surface area (Å²) < 4.78 is 10.3. The lowest BCUT2D eigenvalue weighted by Crippen LogP contribution is -2.13. The number of amidine groups is 1. The van der Waals surface area contributed by atoms with Crippen LogP contribution in [-0.2, 0) is 0 Å². The molecule has 0 aliphatic heterocycles. The first-order valence-electron chi connectivity index (χ1n) is 5.68. The van der Waals surface area contributed by atoms with Gasteiger partial charge in [0.15, 0.2) is 0 Å². The van der Waals surface area contributed by atoms with E-state index < -0.39 is 4.92 Å². The molecule has 1 heterocycles. The highest BCUT2D eigenvalue weighted by molar-refractivity contribution is 5.92. The standard InChI is InChI=1S/C12H11N5O4/c1-20-7-2-3-9(17(18)19)10(4-7)21-11-6-15-8(5-16-11)12(13)14/h2-6H,1H3,(H3,13,14). The summed E-state index contributed by atoms with van der Waals surface area (Å²) in [5.74, 6) is 0.186. The van der Waals surface area contributed by atoms with E-state index in [-0.39, 0.29) is 28.8 Å². The number of ether oxygens (including phenoxy) is 2. The van der Waals surface area contributed by atoms with Crippen LogP contribution in [0.4, 0.5) is 5.69 Å². The molecule has 0 saturated carbocycles. The van der Waals surface area contributed by atoms with E-state index in [1.54, 1.807) is 0 Å². The SMILES string of the molecule is COc1ccc([N+](=O)[O-])c(Oc2cnc(C(=N)N)cn2)c1. The summed E-state index contributed by atoms with van der Waals surface area (Å²) in [6.45, 7) is 0. The number of nitrogens with zero attached hydrogens (tertiary/aromatic N) is 3. The van der Waals surface area contributed by atoms with Gasteiger partial charge in [0, 0.05) is 12.1 Å². The van der Waals surface area contributed by atoms with Crippen LogP contribution < -0.4 is 15.2 Å². The molecule has 21 heavy (non-hydrogen) atoms. The average molecular weight is 289 g/mol. The van der Waals surface area contributed by atoms with Crippen molar-refractivity contribution in [1.29, 1.82) is 5.41 Å². The van der Waals surface area contributed by atoms with Gasteiger partial charge in [0.1, 0.15) is 17.3 Å². The van der Waals surface area contributed by atoms with Gasteiger partial charge in [-0.25, -0.2) is 9.97 Å². The summed E-state index contributed by atoms with van der Waals surface area (Å²) in [5.41, 5.74) is 5.21. The van der Waals surface area contributed by atoms with E-state index >= 15 is 0 Å². The Morgan fingerprint density at radius 1 is 1.38 bits per heavy atom. The maximum atomic E-state index is 11.0. The Hall–Kier alpha value is -3.23. The number of hydrogen-bond donors (Lipinski definition) is 2. The minimum atomic E-state index is -0.577. The molecule has 0 amide bonds. The predicted molar refractivity (Wildman–Crippen MR) is 72.8 cm³/mol. The third-order valence-corrected chi connectivity index (χ3v) is 2.48. The van der Waals surface area contributed by atoms with Gasteiger partial charge in [-0.05, 0) is 6.07 Å². The number of nitro benzene ring substituents is 1. The van der Waals surface area contributed by atoms with Crippen molar-refractivity contribution in [3.63, 3.8) is 0 Å². The molecule has 3 N–H and O–H groups in total. The van der Waals surface area contributed by atoms with Crippen molar-refractivity contribution < 1.29 is 14.4 Å². The summed E-state index contributed by atoms with van der Waals surface area (Å²) >= 11 is 0. The van der Waals surface area contributed by atoms with Crippen LogP contribution in [-0.4, -0.2) is 27.8 Å². The number of nitro groups is 1. The van der Waals surface area contributed by atoms with E-state index in [2.05, 4.69) is 9.97 Å². The predicted octanol–water partition coefficient (Wildman–Crippen LogP) is 1.47. The summed E-state index contributed by atoms with van der Waals surface area (Å²) in [6, 6.07) is 4.10. The molecule has 108 valence electrons. The van der Waals surface area contributed by atoms with Gasteiger partial charge in [-0.1, -0.05) is 0 Å². The van der Waals surface area contributed by atoms with Crippen LogP contribution in [0.2, 0.25) is 0 Å². The van der Waals surface area contributed by atoms with Gasteiger partial charge in [0.2, 0.25) is 11.6 Å². The maximum Gasteiger partial charge on any atom is 0.311 e. The lowest BCUT2D eigenvalue weighted by Gasteiger charge is -2.07. The molecular formula is C12H11N5O4. The van der Waals surface area contributed by atoms with E-state index in [4.69, 9.17) is 20.6 Å². The van der Waals surface area contributed by atoms with Gasteiger partial charge in [0.05, 0.1) is 24.4 Å². The third kappa shape index (κ3) is 3.21. The van der Waals surface area contributed by atoms with E-state index in [0.717, 1.165) is 0 Å². The van der Waals surface area contributed by atoms with Gasteiger partial charge in [-0.3, -0.25) is 15.5 Å². The second-order valence-electron chi connectivity index (χ2n) is 3.85. The number of methoxy groups -OCH3 is 1. The van der Waals surface area contributed by atoms with Crippen molar-refractivity contribution in [1.82, 2.24) is 9.97 Å². The van der Waals surface area contributed by atoms with Crippen LogP contribution in [0.25, 0.3) is 0 Å². The summed E-state index contributed by atoms with van der Waals surface area (Å²) in [6.07, 6.45) is 2.46. The van der Waals surface area contributed by atoms with Crippen molar-refractivity contribution >= 4 is 11.5 Å². The molecule has 2 aromatic rings. The molecule has 0 unspecified atom stereocenters. The van der Waals surface area contributed by atoms with E-state index in [1.807, 2.05) is 0 Å². The fourth-order valence-corrected chi connectivity index (χ4v) is 1.47. The van der Waals surface area contributed by atoms with Crippen molar-refractivity contribution in [3.05, 3.63) is 46.4 Å². The Bertz CT molecular complexity index is 687. The molecule has 0 spiro atoms. The van der Waals surface area contributed by atoms with E-state index in [9.17, 15) is 10.1 Å². The number of nitrogens with two attached hydrogens (primary N) is 1. The van der Waals surface area contributed by atoms with Gasteiger partial charge < -0.3 is 15.2 Å². The molecule has 9 nitrogen and oxygen atoms in total. The molecule has 0 bridgehead atoms. The van der Waals surface area contributed by atoms with Crippen molar-refractivity contribution in [2.24, 2.45) is 5.73 Å². The topological polar surface area (TPSA) is 137 Å². The van der Waals surface area contributed by atoms with Gasteiger partial charge in [0.25, 0.3) is 0 Å². The van der Waals surface area contributed by atoms with E-state index in [0.29, 0.717) is 5.75 Å². The number of nitrogens with one attached hydrogen (secondary N) is 1. The van der Waals surface area contributed by atoms with E-state index in [1.165, 1.54) is 37.7 Å². The highest BCUT2D eigenvalue weighted by Gasteiger charge is 2.17. The number of nitrogen functional groups attached to an aromatic ring is 1. The van der Waals surface area contributed by atoms with Gasteiger partial charge >= 0.3 is 5.69 Å². The van der Waals surface area contributed by atoms with Crippen LogP contribution in [0.5, 0.6) is 17.4 Å². The highest BCUT2D eigenvalue weighted by Crippen LogP contribution is 2.33. The van der Waals surface area contributed by atoms with Crippen LogP contribution in [0.1, 0.15) is 5.69 Å². The molecule has 0 fully saturated rings. The summed E-state index contributed by atoms with van der Waals surface area (Å²) in [4.78, 5) is 18.1. The molecule has 0 radical (unpaired) electrons. The first kappa shape index (κ1) is 14.2. The molecular weight excluding hydrogens is 278 g/mol. The first-order chi connectivity index (χ1) is 10.0. The zero-order valence-corrected chi connectivity index (χ0v) is 10.9. The van der Waals surface area contributed by atoms with Gasteiger partial charge in [-0.2, -0.15) is 0 Å². The minimum Gasteiger partial charge on any atom is -0.497 e. The molecule has 9 heteroatoms. The summed E-state index contributed by atoms with van der Waals surface area (Å²) in [7, 11) is 1.44. The molecule has 0 atom stereocenters. The molecule has 0 saturated heterocycles. The lowest BCUT2D eigenvalue weighted by molar-refractivity contribution is -0.385. The molecule has 1 aromatic heterocycles. The number of hydrogen-bond acceptors (Lipinski definition) is 7. The van der Waals surface area contributed by atoms with Crippen molar-refractivity contribution in [3.8, 4) is 17.4 Å². The Labute approximate surface area is 119 Å². The normalized spacial score (nSPS) is 9.95. The number of aromatic nitrogens is 2. The fraction of sp³-hybridized carbons (Fsp3) is 0.0833. The second-order valence-corrected chi connectivity index (χ2v) is 3.85. The molecule has 0 aliphatic carbocycles. The Kier molecular flexibility index (Phi) is 3.93. The lowest BCUT2D eigenvalue weighted by atomic mass is 10.3. The van der Waals surface area contributed by atoms with Crippen molar-refractivity contribution in [2.45, 2.75) is 0 Å². The highest BCUT2D eigenvalue weighted by atomic mass is 16.6. The zero-order valence-electron chi connectivity index (χ0n) is 10.9. The second kappa shape index (κ2) is 5.82. The fourth-order valence-electron chi connectivity index (χ4n) is 1.47. The first-order valence-corrected chi connectivity index (χ1v) is 5.68. The zero-order chi connectivity index (χ0) is 15.4. The monoisotopic (exact) mass is 289 g/mol. The Balaban J connectivity index is 2.33. The van der Waals surface area contributed by atoms with Crippen LogP contribution >= 0.6 is 0 Å². The largest absolute Gasteiger partial charge is 0.497 e. The quantitative estimate of drug-likeness (QED) is 0.368. The maximum absolute atomic E-state index is 11.0. The molecule has 2 rings (SSSR count).